The highest BCUT2D eigenvalue weighted by molar-refractivity contribution is 6.31. The zero-order chi connectivity index (χ0) is 16.6. The fraction of sp³-hybridized carbons (Fsp3) is 0. The van der Waals surface area contributed by atoms with Crippen molar-refractivity contribution in [1.82, 2.24) is 0 Å². The van der Waals surface area contributed by atoms with Gasteiger partial charge in [-0.25, -0.2) is 4.79 Å². The third kappa shape index (κ3) is 2.64. The molecule has 0 atom stereocenters. The first-order valence-corrected chi connectivity index (χ1v) is 7.15. The molecule has 3 aromatic rings. The number of rotatable bonds is 3. The van der Waals surface area contributed by atoms with Gasteiger partial charge in [0.2, 0.25) is 0 Å². The molecule has 0 aliphatic rings. The summed E-state index contributed by atoms with van der Waals surface area (Å²) in [5.41, 5.74) is 0.333. The second-order valence-electron chi connectivity index (χ2n) is 5.01. The molecule has 0 radical (unpaired) electrons. The van der Waals surface area contributed by atoms with Crippen LogP contribution in [0.3, 0.4) is 0 Å². The molecular weight excluding hydrogens is 316 g/mol. The number of benzene rings is 3. The minimum absolute atomic E-state index is 0.0416. The third-order valence-corrected chi connectivity index (χ3v) is 3.82. The molecule has 0 amide bonds. The van der Waals surface area contributed by atoms with Gasteiger partial charge in [-0.3, -0.25) is 4.79 Å². The van der Waals surface area contributed by atoms with Crippen LogP contribution in [0.2, 0.25) is 5.02 Å². The molecule has 0 saturated carbocycles. The number of aromatic hydroxyl groups is 1. The standard InChI is InChI=1S/C18H11ClO4/c19-11-7-8-12(15(20)9-11)17(21)13-5-1-3-10-4-2-6-14(16(10)13)18(22)23/h1-9,20H,(H,22,23). The minimum Gasteiger partial charge on any atom is -0.507 e. The Labute approximate surface area is 136 Å². The number of phenolic OH excluding ortho intramolecular Hbond substituents is 1. The van der Waals surface area contributed by atoms with Crippen molar-refractivity contribution >= 4 is 34.1 Å². The van der Waals surface area contributed by atoms with Crippen molar-refractivity contribution in [3.8, 4) is 5.75 Å². The van der Waals surface area contributed by atoms with Crippen molar-refractivity contribution in [2.24, 2.45) is 0 Å². The summed E-state index contributed by atoms with van der Waals surface area (Å²) in [5.74, 6) is -1.82. The van der Waals surface area contributed by atoms with Crippen LogP contribution in [0.4, 0.5) is 0 Å². The van der Waals surface area contributed by atoms with Gasteiger partial charge in [-0.2, -0.15) is 0 Å². The van der Waals surface area contributed by atoms with E-state index in [9.17, 15) is 19.8 Å². The van der Waals surface area contributed by atoms with E-state index in [0.717, 1.165) is 0 Å². The van der Waals surface area contributed by atoms with E-state index in [1.54, 1.807) is 30.3 Å². The van der Waals surface area contributed by atoms with E-state index in [1.807, 2.05) is 0 Å². The van der Waals surface area contributed by atoms with Gasteiger partial charge in [0.05, 0.1) is 11.1 Å². The SMILES string of the molecule is O=C(O)c1cccc2cccc(C(=O)c3ccc(Cl)cc3O)c12. The molecule has 23 heavy (non-hydrogen) atoms. The lowest BCUT2D eigenvalue weighted by molar-refractivity contribution is 0.0699. The number of carboxylic acid groups (broad SMARTS) is 1. The molecule has 0 fully saturated rings. The fourth-order valence-electron chi connectivity index (χ4n) is 2.55. The first-order valence-electron chi connectivity index (χ1n) is 6.77. The summed E-state index contributed by atoms with van der Waals surface area (Å²) in [5, 5.41) is 20.6. The maximum Gasteiger partial charge on any atom is 0.336 e. The van der Waals surface area contributed by atoms with Crippen LogP contribution in [-0.2, 0) is 0 Å². The highest BCUT2D eigenvalue weighted by Gasteiger charge is 2.19. The van der Waals surface area contributed by atoms with E-state index >= 15 is 0 Å². The quantitative estimate of drug-likeness (QED) is 0.710. The van der Waals surface area contributed by atoms with E-state index in [0.29, 0.717) is 15.8 Å². The summed E-state index contributed by atoms with van der Waals surface area (Å²) in [6.45, 7) is 0. The smallest absolute Gasteiger partial charge is 0.336 e. The zero-order valence-electron chi connectivity index (χ0n) is 11.8. The lowest BCUT2D eigenvalue weighted by Crippen LogP contribution is -2.06. The number of fused-ring (bicyclic) bond motifs is 1. The minimum atomic E-state index is -1.11. The van der Waals surface area contributed by atoms with Crippen LogP contribution < -0.4 is 0 Å². The average Bonchev–Trinajstić information content (AvgIpc) is 2.53. The second kappa shape index (κ2) is 5.74. The molecule has 0 aromatic heterocycles. The Morgan fingerprint density at radius 3 is 2.13 bits per heavy atom. The number of carbonyl (C=O) groups is 2. The number of halogens is 1. The Kier molecular flexibility index (Phi) is 3.76. The molecule has 114 valence electrons. The van der Waals surface area contributed by atoms with Gasteiger partial charge in [0.25, 0.3) is 0 Å². The molecular formula is C18H11ClO4. The Morgan fingerprint density at radius 2 is 1.52 bits per heavy atom. The molecule has 0 saturated heterocycles. The highest BCUT2D eigenvalue weighted by Crippen LogP contribution is 2.29. The lowest BCUT2D eigenvalue weighted by atomic mass is 9.93. The number of aromatic carboxylic acids is 1. The predicted molar refractivity (Wildman–Crippen MR) is 87.5 cm³/mol. The number of carboxylic acids is 1. The van der Waals surface area contributed by atoms with E-state index in [2.05, 4.69) is 0 Å². The van der Waals surface area contributed by atoms with Gasteiger partial charge < -0.3 is 10.2 Å². The van der Waals surface area contributed by atoms with Gasteiger partial charge in [-0.05, 0) is 29.7 Å². The summed E-state index contributed by atoms with van der Waals surface area (Å²) in [6, 6.07) is 14.0. The van der Waals surface area contributed by atoms with E-state index in [-0.39, 0.29) is 22.4 Å². The van der Waals surface area contributed by atoms with E-state index in [1.165, 1.54) is 24.3 Å². The van der Waals surface area contributed by atoms with Crippen LogP contribution in [0.15, 0.2) is 54.6 Å². The molecule has 0 aliphatic heterocycles. The summed E-state index contributed by atoms with van der Waals surface area (Å²) >= 11 is 5.78. The Bertz CT molecular complexity index is 942. The Hall–Kier alpha value is -2.85. The Morgan fingerprint density at radius 1 is 0.870 bits per heavy atom. The summed E-state index contributed by atoms with van der Waals surface area (Å²) in [6.07, 6.45) is 0. The maximum atomic E-state index is 12.8. The monoisotopic (exact) mass is 326 g/mol. The Balaban J connectivity index is 2.27. The van der Waals surface area contributed by atoms with Gasteiger partial charge in [0, 0.05) is 16.0 Å². The average molecular weight is 327 g/mol. The zero-order valence-corrected chi connectivity index (χ0v) is 12.5. The molecule has 0 bridgehead atoms. The van der Waals surface area contributed by atoms with Crippen molar-refractivity contribution in [3.05, 3.63) is 76.3 Å². The van der Waals surface area contributed by atoms with Crippen LogP contribution in [0.1, 0.15) is 26.3 Å². The van der Waals surface area contributed by atoms with Crippen LogP contribution in [0, 0.1) is 0 Å². The topological polar surface area (TPSA) is 74.6 Å². The van der Waals surface area contributed by atoms with Gasteiger partial charge in [0.15, 0.2) is 5.78 Å². The maximum absolute atomic E-state index is 12.8. The normalized spacial score (nSPS) is 10.7. The highest BCUT2D eigenvalue weighted by atomic mass is 35.5. The molecule has 5 heteroatoms. The van der Waals surface area contributed by atoms with Gasteiger partial charge >= 0.3 is 5.97 Å². The van der Waals surface area contributed by atoms with Crippen molar-refractivity contribution in [2.75, 3.05) is 0 Å². The molecule has 0 aliphatic carbocycles. The van der Waals surface area contributed by atoms with Gasteiger partial charge in [-0.15, -0.1) is 0 Å². The largest absolute Gasteiger partial charge is 0.507 e. The molecule has 0 heterocycles. The van der Waals surface area contributed by atoms with Crippen molar-refractivity contribution in [2.45, 2.75) is 0 Å². The van der Waals surface area contributed by atoms with Gasteiger partial charge in [0.1, 0.15) is 5.75 Å². The number of hydrogen-bond donors (Lipinski definition) is 2. The van der Waals surface area contributed by atoms with E-state index < -0.39 is 11.8 Å². The second-order valence-corrected chi connectivity index (χ2v) is 5.44. The molecule has 3 aromatic carbocycles. The number of hydrogen-bond acceptors (Lipinski definition) is 3. The molecule has 0 unspecified atom stereocenters. The van der Waals surface area contributed by atoms with Crippen LogP contribution in [0.5, 0.6) is 5.75 Å². The molecule has 2 N–H and O–H groups in total. The molecule has 3 rings (SSSR count). The van der Waals surface area contributed by atoms with Crippen molar-refractivity contribution in [3.63, 3.8) is 0 Å². The third-order valence-electron chi connectivity index (χ3n) is 3.58. The number of carbonyl (C=O) groups excluding carboxylic acids is 1. The van der Waals surface area contributed by atoms with Crippen LogP contribution >= 0.6 is 11.6 Å². The van der Waals surface area contributed by atoms with E-state index in [4.69, 9.17) is 11.6 Å². The first kappa shape index (κ1) is 15.1. The fourth-order valence-corrected chi connectivity index (χ4v) is 2.72. The summed E-state index contributed by atoms with van der Waals surface area (Å²) in [7, 11) is 0. The van der Waals surface area contributed by atoms with Crippen LogP contribution in [-0.4, -0.2) is 22.0 Å². The first-order chi connectivity index (χ1) is 11.0. The summed E-state index contributed by atoms with van der Waals surface area (Å²) < 4.78 is 0. The van der Waals surface area contributed by atoms with Gasteiger partial charge in [-0.1, -0.05) is 41.9 Å². The van der Waals surface area contributed by atoms with Crippen molar-refractivity contribution in [1.29, 1.82) is 0 Å². The molecule has 4 nitrogen and oxygen atoms in total. The predicted octanol–water partition coefficient (Wildman–Crippen LogP) is 4.13. The number of phenols is 1. The summed E-state index contributed by atoms with van der Waals surface area (Å²) in [4.78, 5) is 24.2. The van der Waals surface area contributed by atoms with Crippen molar-refractivity contribution < 1.29 is 19.8 Å². The lowest BCUT2D eigenvalue weighted by Gasteiger charge is -2.10. The number of ketones is 1. The van der Waals surface area contributed by atoms with Crippen LogP contribution in [0.25, 0.3) is 10.8 Å². The molecule has 0 spiro atoms.